The third-order valence-corrected chi connectivity index (χ3v) is 5.35. The van der Waals surface area contributed by atoms with Gasteiger partial charge in [-0.15, -0.1) is 11.3 Å². The average Bonchev–Trinajstić information content (AvgIpc) is 3.08. The van der Waals surface area contributed by atoms with Gasteiger partial charge in [-0.25, -0.2) is 4.98 Å². The number of ether oxygens (including phenoxy) is 1. The molecule has 0 aliphatic carbocycles. The Morgan fingerprint density at radius 2 is 2.00 bits per heavy atom. The zero-order valence-electron chi connectivity index (χ0n) is 16.3. The van der Waals surface area contributed by atoms with E-state index in [4.69, 9.17) is 16.3 Å². The normalized spacial score (nSPS) is 10.6. The third kappa shape index (κ3) is 5.12. The highest BCUT2D eigenvalue weighted by Crippen LogP contribution is 2.32. The first-order chi connectivity index (χ1) is 14.4. The van der Waals surface area contributed by atoms with Crippen molar-refractivity contribution in [1.82, 2.24) is 4.98 Å². The van der Waals surface area contributed by atoms with Gasteiger partial charge in [0.25, 0.3) is 11.6 Å². The molecule has 3 rings (SSSR count). The molecule has 0 fully saturated rings. The summed E-state index contributed by atoms with van der Waals surface area (Å²) >= 11 is 7.26. The van der Waals surface area contributed by atoms with Crippen molar-refractivity contribution in [3.05, 3.63) is 68.0 Å². The molecule has 0 atom stereocenters. The van der Waals surface area contributed by atoms with E-state index in [9.17, 15) is 14.9 Å². The molecule has 3 aromatic rings. The first-order valence-electron chi connectivity index (χ1n) is 8.95. The number of hydrogen-bond acceptors (Lipinski definition) is 7. The lowest BCUT2D eigenvalue weighted by atomic mass is 10.1. The molecule has 10 heteroatoms. The van der Waals surface area contributed by atoms with Crippen molar-refractivity contribution in [3.63, 3.8) is 0 Å². The Bertz CT molecular complexity index is 1070. The number of non-ortho nitro benzene ring substituents is 1. The van der Waals surface area contributed by atoms with Gasteiger partial charge in [-0.2, -0.15) is 0 Å². The lowest BCUT2D eigenvalue weighted by molar-refractivity contribution is -0.384. The van der Waals surface area contributed by atoms with Crippen LogP contribution in [0, 0.1) is 17.0 Å². The summed E-state index contributed by atoms with van der Waals surface area (Å²) in [5.41, 5.74) is 2.08. The second kappa shape index (κ2) is 9.66. The number of nitro benzene ring substituents is 1. The zero-order valence-corrected chi connectivity index (χ0v) is 17.8. The number of thiazole rings is 1. The molecule has 0 radical (unpaired) electrons. The van der Waals surface area contributed by atoms with Gasteiger partial charge < -0.3 is 10.1 Å². The maximum atomic E-state index is 12.9. The minimum absolute atomic E-state index is 0.154. The number of benzene rings is 2. The number of amides is 1. The molecule has 0 aliphatic heterocycles. The van der Waals surface area contributed by atoms with E-state index in [2.05, 4.69) is 15.6 Å². The maximum Gasteiger partial charge on any atom is 0.270 e. The fourth-order valence-corrected chi connectivity index (χ4v) is 3.72. The van der Waals surface area contributed by atoms with Crippen molar-refractivity contribution >= 4 is 45.4 Å². The topological polar surface area (TPSA) is 106 Å². The van der Waals surface area contributed by atoms with Gasteiger partial charge in [0.15, 0.2) is 5.13 Å². The summed E-state index contributed by atoms with van der Waals surface area (Å²) in [6, 6.07) is 11.4. The highest BCUT2D eigenvalue weighted by molar-refractivity contribution is 7.16. The number of carbonyl (C=O) groups is 1. The molecule has 1 aromatic heterocycles. The van der Waals surface area contributed by atoms with Crippen LogP contribution in [-0.2, 0) is 4.74 Å². The molecule has 0 spiro atoms. The molecule has 0 saturated heterocycles. The molecule has 1 amide bonds. The molecule has 2 aromatic carbocycles. The highest BCUT2D eigenvalue weighted by Gasteiger charge is 2.19. The minimum atomic E-state index is -0.540. The Hall–Kier alpha value is -3.01. The van der Waals surface area contributed by atoms with Crippen LogP contribution in [0.2, 0.25) is 5.02 Å². The fraction of sp³-hybridized carbons (Fsp3) is 0.200. The molecule has 0 bridgehead atoms. The van der Waals surface area contributed by atoms with Crippen LogP contribution < -0.4 is 10.6 Å². The molecule has 0 unspecified atom stereocenters. The van der Waals surface area contributed by atoms with Crippen molar-refractivity contribution in [2.24, 2.45) is 0 Å². The van der Waals surface area contributed by atoms with Crippen LogP contribution in [0.3, 0.4) is 0 Å². The Morgan fingerprint density at radius 3 is 2.67 bits per heavy atom. The number of carbonyl (C=O) groups excluding carboxylic acids is 1. The van der Waals surface area contributed by atoms with Gasteiger partial charge in [0.05, 0.1) is 22.8 Å². The number of methoxy groups -OCH3 is 1. The number of rotatable bonds is 8. The first-order valence-corrected chi connectivity index (χ1v) is 10.1. The van der Waals surface area contributed by atoms with Crippen molar-refractivity contribution in [2.45, 2.75) is 6.92 Å². The Balaban J connectivity index is 1.86. The number of anilines is 2. The predicted molar refractivity (Wildman–Crippen MR) is 119 cm³/mol. The minimum Gasteiger partial charge on any atom is -0.383 e. The number of halogens is 1. The molecule has 2 N–H and O–H groups in total. The predicted octanol–water partition coefficient (Wildman–Crippen LogP) is 4.99. The summed E-state index contributed by atoms with van der Waals surface area (Å²) in [6.45, 7) is 2.78. The lowest BCUT2D eigenvalue weighted by Gasteiger charge is -2.11. The highest BCUT2D eigenvalue weighted by atomic mass is 35.5. The van der Waals surface area contributed by atoms with Crippen LogP contribution in [0.5, 0.6) is 0 Å². The Morgan fingerprint density at radius 1 is 1.27 bits per heavy atom. The van der Waals surface area contributed by atoms with Crippen LogP contribution in [0.15, 0.2) is 42.5 Å². The third-order valence-electron chi connectivity index (χ3n) is 4.21. The number of hydrogen-bond donors (Lipinski definition) is 2. The van der Waals surface area contributed by atoms with Crippen molar-refractivity contribution in [3.8, 4) is 11.3 Å². The van der Waals surface area contributed by atoms with Gasteiger partial charge in [0, 0.05) is 46.9 Å². The van der Waals surface area contributed by atoms with Gasteiger partial charge in [-0.3, -0.25) is 20.2 Å². The Kier molecular flexibility index (Phi) is 6.99. The number of aromatic nitrogens is 1. The van der Waals surface area contributed by atoms with Crippen LogP contribution in [-0.4, -0.2) is 36.1 Å². The van der Waals surface area contributed by atoms with E-state index in [1.165, 1.54) is 29.5 Å². The van der Waals surface area contributed by atoms with Gasteiger partial charge in [-0.05, 0) is 25.1 Å². The number of nitro groups is 1. The molecule has 30 heavy (non-hydrogen) atoms. The number of aryl methyl sites for hydroxylation is 1. The van der Waals surface area contributed by atoms with E-state index in [1.54, 1.807) is 19.2 Å². The molecule has 0 aliphatic rings. The van der Waals surface area contributed by atoms with Crippen LogP contribution in [0.1, 0.15) is 15.2 Å². The molecule has 1 heterocycles. The van der Waals surface area contributed by atoms with Crippen molar-refractivity contribution < 1.29 is 14.5 Å². The second-order valence-electron chi connectivity index (χ2n) is 6.29. The summed E-state index contributed by atoms with van der Waals surface area (Å²) in [5, 5.41) is 18.0. The number of nitrogens with zero attached hydrogens (tertiary/aromatic N) is 2. The maximum absolute atomic E-state index is 12.9. The van der Waals surface area contributed by atoms with Crippen molar-refractivity contribution in [1.29, 1.82) is 0 Å². The average molecular weight is 447 g/mol. The zero-order chi connectivity index (χ0) is 21.7. The van der Waals surface area contributed by atoms with Crippen LogP contribution >= 0.6 is 22.9 Å². The summed E-state index contributed by atoms with van der Waals surface area (Å²) in [5.74, 6) is -0.491. The van der Waals surface area contributed by atoms with Crippen LogP contribution in [0.25, 0.3) is 11.3 Å². The molecule has 8 nitrogen and oxygen atoms in total. The van der Waals surface area contributed by atoms with Gasteiger partial charge in [0.1, 0.15) is 0 Å². The Labute approximate surface area is 182 Å². The molecule has 0 saturated carbocycles. The first kappa shape index (κ1) is 21.7. The molecular weight excluding hydrogens is 428 g/mol. The summed E-state index contributed by atoms with van der Waals surface area (Å²) in [7, 11) is 1.56. The van der Waals surface area contributed by atoms with Crippen LogP contribution in [0.4, 0.5) is 16.5 Å². The quantitative estimate of drug-likeness (QED) is 0.287. The monoisotopic (exact) mass is 446 g/mol. The second-order valence-corrected chi connectivity index (χ2v) is 7.93. The summed E-state index contributed by atoms with van der Waals surface area (Å²) in [6.07, 6.45) is 0. The molecule has 156 valence electrons. The van der Waals surface area contributed by atoms with E-state index in [0.717, 1.165) is 16.1 Å². The molecular formula is C20H19ClN4O4S. The summed E-state index contributed by atoms with van der Waals surface area (Å²) < 4.78 is 5.00. The van der Waals surface area contributed by atoms with E-state index in [1.807, 2.05) is 19.1 Å². The van der Waals surface area contributed by atoms with Gasteiger partial charge in [0.2, 0.25) is 0 Å². The van der Waals surface area contributed by atoms with E-state index >= 15 is 0 Å². The van der Waals surface area contributed by atoms with Gasteiger partial charge in [-0.1, -0.05) is 23.7 Å². The van der Waals surface area contributed by atoms with E-state index < -0.39 is 10.8 Å². The SMILES string of the molecule is COCCNc1ccc([N+](=O)[O-])cc1C(=O)Nc1nc(-c2ccc(Cl)cc2)c(C)s1. The number of nitrogens with one attached hydrogen (secondary N) is 2. The lowest BCUT2D eigenvalue weighted by Crippen LogP contribution is -2.16. The smallest absolute Gasteiger partial charge is 0.270 e. The van der Waals surface area contributed by atoms with E-state index in [-0.39, 0.29) is 11.3 Å². The van der Waals surface area contributed by atoms with E-state index in [0.29, 0.717) is 29.0 Å². The largest absolute Gasteiger partial charge is 0.383 e. The van der Waals surface area contributed by atoms with Crippen molar-refractivity contribution in [2.75, 3.05) is 30.9 Å². The standard InChI is InChI=1S/C20H19ClN4O4S/c1-12-18(13-3-5-14(21)6-4-13)23-20(30-12)24-19(26)16-11-15(25(27)28)7-8-17(16)22-9-10-29-2/h3-8,11,22H,9-10H2,1-2H3,(H,23,24,26). The fourth-order valence-electron chi connectivity index (χ4n) is 2.77. The summed E-state index contributed by atoms with van der Waals surface area (Å²) in [4.78, 5) is 28.9. The van der Waals surface area contributed by atoms with Gasteiger partial charge >= 0.3 is 0 Å².